The molecule has 0 aromatic heterocycles. The monoisotopic (exact) mass is 196 g/mol. The van der Waals surface area contributed by atoms with Crippen molar-refractivity contribution in [3.05, 3.63) is 35.4 Å². The Balaban J connectivity index is 3.12. The van der Waals surface area contributed by atoms with Crippen molar-refractivity contribution in [2.45, 2.75) is 25.2 Å². The fourth-order valence-electron chi connectivity index (χ4n) is 1.39. The topological polar surface area (TPSA) is 20.2 Å². The zero-order chi connectivity index (χ0) is 9.90. The molecule has 1 aromatic carbocycles. The Bertz CT molecular complexity index is 281. The molecule has 0 aliphatic carbocycles. The highest BCUT2D eigenvalue weighted by atomic mass is 32.2. The Morgan fingerprint density at radius 3 is 2.54 bits per heavy atom. The smallest absolute Gasteiger partial charge is 0.133 e. The minimum absolute atomic E-state index is 0.757. The molecule has 1 N–H and O–H groups in total. The van der Waals surface area contributed by atoms with Gasteiger partial charge >= 0.3 is 0 Å². The average Bonchev–Trinajstić information content (AvgIpc) is 2.18. The predicted molar refractivity (Wildman–Crippen MR) is 58.9 cm³/mol. The molecule has 1 aromatic rings. The van der Waals surface area contributed by atoms with Gasteiger partial charge in [0.05, 0.1) is 0 Å². The van der Waals surface area contributed by atoms with Crippen molar-refractivity contribution in [1.29, 1.82) is 0 Å². The normalized spacial score (nSPS) is 15.4. The Kier molecular flexibility index (Phi) is 3.40. The number of thioether (sulfide) groups is 1. The van der Waals surface area contributed by atoms with E-state index in [1.54, 1.807) is 0 Å². The fourth-order valence-corrected chi connectivity index (χ4v) is 1.81. The maximum Gasteiger partial charge on any atom is 0.133 e. The van der Waals surface area contributed by atoms with E-state index in [0.717, 1.165) is 12.0 Å². The molecule has 0 saturated heterocycles. The molecule has 13 heavy (non-hydrogen) atoms. The number of aryl methyl sites for hydroxylation is 1. The lowest BCUT2D eigenvalue weighted by molar-refractivity contribution is 0.159. The molecule has 1 unspecified atom stereocenters. The maximum atomic E-state index is 10.1. The second-order valence-electron chi connectivity index (χ2n) is 3.20. The highest BCUT2D eigenvalue weighted by molar-refractivity contribution is 7.99. The van der Waals surface area contributed by atoms with Gasteiger partial charge in [0.15, 0.2) is 0 Å². The van der Waals surface area contributed by atoms with Crippen LogP contribution in [-0.4, -0.2) is 11.4 Å². The summed E-state index contributed by atoms with van der Waals surface area (Å²) in [5.41, 5.74) is 2.26. The molecule has 1 rings (SSSR count). The van der Waals surface area contributed by atoms with Crippen LogP contribution in [0.15, 0.2) is 24.3 Å². The lowest BCUT2D eigenvalue weighted by Gasteiger charge is -2.23. The van der Waals surface area contributed by atoms with Gasteiger partial charge in [-0.2, -0.15) is 0 Å². The van der Waals surface area contributed by atoms with Gasteiger partial charge < -0.3 is 5.11 Å². The molecule has 1 nitrogen and oxygen atoms in total. The van der Waals surface area contributed by atoms with Crippen LogP contribution >= 0.6 is 11.8 Å². The largest absolute Gasteiger partial charge is 0.376 e. The van der Waals surface area contributed by atoms with E-state index in [1.807, 2.05) is 31.4 Å². The van der Waals surface area contributed by atoms with Crippen LogP contribution in [0.25, 0.3) is 0 Å². The first-order valence-corrected chi connectivity index (χ1v) is 5.70. The Hall–Kier alpha value is -0.470. The Morgan fingerprint density at radius 1 is 1.38 bits per heavy atom. The van der Waals surface area contributed by atoms with E-state index in [9.17, 15) is 5.11 Å². The molecular formula is C11H16OS. The summed E-state index contributed by atoms with van der Waals surface area (Å²) in [6.07, 6.45) is 2.89. The van der Waals surface area contributed by atoms with Crippen molar-refractivity contribution >= 4 is 11.8 Å². The van der Waals surface area contributed by atoms with E-state index in [0.29, 0.717) is 0 Å². The third-order valence-corrected chi connectivity index (χ3v) is 3.31. The van der Waals surface area contributed by atoms with Gasteiger partial charge in [-0.1, -0.05) is 31.2 Å². The first-order chi connectivity index (χ1) is 6.11. The lowest BCUT2D eigenvalue weighted by atomic mass is 10.0. The highest BCUT2D eigenvalue weighted by Crippen LogP contribution is 2.33. The number of aliphatic hydroxyl groups is 1. The molecule has 0 heterocycles. The van der Waals surface area contributed by atoms with Gasteiger partial charge in [-0.05, 0) is 30.7 Å². The highest BCUT2D eigenvalue weighted by Gasteiger charge is 2.23. The summed E-state index contributed by atoms with van der Waals surface area (Å²) in [6, 6.07) is 8.05. The van der Waals surface area contributed by atoms with Gasteiger partial charge in [-0.25, -0.2) is 0 Å². The summed E-state index contributed by atoms with van der Waals surface area (Å²) in [4.78, 5) is -0.757. The van der Waals surface area contributed by atoms with E-state index in [2.05, 4.69) is 13.0 Å². The summed E-state index contributed by atoms with van der Waals surface area (Å²) in [5, 5.41) is 10.1. The van der Waals surface area contributed by atoms with Crippen LogP contribution < -0.4 is 0 Å². The molecule has 0 spiro atoms. The van der Waals surface area contributed by atoms with Crippen molar-refractivity contribution < 1.29 is 5.11 Å². The van der Waals surface area contributed by atoms with Crippen molar-refractivity contribution in [3.63, 3.8) is 0 Å². The maximum absolute atomic E-state index is 10.1. The van der Waals surface area contributed by atoms with E-state index in [-0.39, 0.29) is 0 Å². The zero-order valence-corrected chi connectivity index (χ0v) is 9.19. The van der Waals surface area contributed by atoms with Gasteiger partial charge in [0.25, 0.3) is 0 Å². The summed E-state index contributed by atoms with van der Waals surface area (Å²) in [7, 11) is 0. The third-order valence-electron chi connectivity index (χ3n) is 2.30. The molecule has 0 amide bonds. The van der Waals surface area contributed by atoms with Gasteiger partial charge in [0.2, 0.25) is 0 Å². The van der Waals surface area contributed by atoms with Crippen LogP contribution in [-0.2, 0) is 11.4 Å². The SMILES string of the molecule is CCc1ccccc1C(C)(O)SC. The number of rotatable bonds is 3. The van der Waals surface area contributed by atoms with E-state index >= 15 is 0 Å². The Morgan fingerprint density at radius 2 is 2.00 bits per heavy atom. The van der Waals surface area contributed by atoms with Crippen LogP contribution in [0.1, 0.15) is 25.0 Å². The van der Waals surface area contributed by atoms with E-state index < -0.39 is 4.93 Å². The molecular weight excluding hydrogens is 180 g/mol. The summed E-state index contributed by atoms with van der Waals surface area (Å²) in [6.45, 7) is 3.95. The van der Waals surface area contributed by atoms with E-state index in [4.69, 9.17) is 0 Å². The van der Waals surface area contributed by atoms with Crippen LogP contribution in [0.2, 0.25) is 0 Å². The first-order valence-electron chi connectivity index (χ1n) is 4.47. The standard InChI is InChI=1S/C11H16OS/c1-4-9-7-5-6-8-10(9)11(2,12)13-3/h5-8,12H,4H2,1-3H3. The van der Waals surface area contributed by atoms with Crippen LogP contribution in [0.3, 0.4) is 0 Å². The third kappa shape index (κ3) is 2.26. The summed E-state index contributed by atoms with van der Waals surface area (Å²) < 4.78 is 0. The van der Waals surface area contributed by atoms with Gasteiger partial charge in [0, 0.05) is 0 Å². The molecule has 2 heteroatoms. The summed E-state index contributed by atoms with van der Waals surface area (Å²) in [5.74, 6) is 0. The van der Waals surface area contributed by atoms with Crippen molar-refractivity contribution in [1.82, 2.24) is 0 Å². The van der Waals surface area contributed by atoms with Gasteiger partial charge in [-0.15, -0.1) is 11.8 Å². The number of benzene rings is 1. The molecule has 0 fully saturated rings. The molecule has 0 aliphatic heterocycles. The predicted octanol–water partition coefficient (Wildman–Crippen LogP) is 2.78. The zero-order valence-electron chi connectivity index (χ0n) is 8.37. The first kappa shape index (κ1) is 10.6. The van der Waals surface area contributed by atoms with Crippen LogP contribution in [0.4, 0.5) is 0 Å². The van der Waals surface area contributed by atoms with Gasteiger partial charge in [0.1, 0.15) is 4.93 Å². The minimum Gasteiger partial charge on any atom is -0.376 e. The minimum atomic E-state index is -0.757. The molecule has 72 valence electrons. The second kappa shape index (κ2) is 4.16. The van der Waals surface area contributed by atoms with Gasteiger partial charge in [-0.3, -0.25) is 0 Å². The fraction of sp³-hybridized carbons (Fsp3) is 0.455. The molecule has 0 saturated carbocycles. The number of hydrogen-bond donors (Lipinski definition) is 1. The van der Waals surface area contributed by atoms with Crippen molar-refractivity contribution in [2.24, 2.45) is 0 Å². The quantitative estimate of drug-likeness (QED) is 0.750. The van der Waals surface area contributed by atoms with E-state index in [1.165, 1.54) is 17.3 Å². The Labute approximate surface area is 84.2 Å². The van der Waals surface area contributed by atoms with Crippen LogP contribution in [0.5, 0.6) is 0 Å². The van der Waals surface area contributed by atoms with Crippen LogP contribution in [0, 0.1) is 0 Å². The molecule has 0 bridgehead atoms. The van der Waals surface area contributed by atoms with Crippen molar-refractivity contribution in [2.75, 3.05) is 6.26 Å². The molecule has 1 atom stereocenters. The second-order valence-corrected chi connectivity index (χ2v) is 4.40. The average molecular weight is 196 g/mol. The molecule has 0 aliphatic rings. The van der Waals surface area contributed by atoms with Crippen molar-refractivity contribution in [3.8, 4) is 0 Å². The lowest BCUT2D eigenvalue weighted by Crippen LogP contribution is -2.17. The number of hydrogen-bond acceptors (Lipinski definition) is 2. The summed E-state index contributed by atoms with van der Waals surface area (Å²) >= 11 is 1.47. The molecule has 0 radical (unpaired) electrons.